The smallest absolute Gasteiger partial charge is 0.269 e. The van der Waals surface area contributed by atoms with Gasteiger partial charge in [-0.2, -0.15) is 0 Å². The van der Waals surface area contributed by atoms with Crippen molar-refractivity contribution in [2.75, 3.05) is 0 Å². The predicted molar refractivity (Wildman–Crippen MR) is 100 cm³/mol. The Hall–Kier alpha value is -3.66. The second kappa shape index (κ2) is 7.30. The first-order valence-corrected chi connectivity index (χ1v) is 8.08. The molecular formula is C17H12N4O5S. The lowest BCUT2D eigenvalue weighted by Crippen LogP contribution is -2.42. The van der Waals surface area contributed by atoms with E-state index in [1.165, 1.54) is 48.7 Å². The molecule has 0 spiro atoms. The van der Waals surface area contributed by atoms with Gasteiger partial charge in [0, 0.05) is 41.6 Å². The second-order valence-corrected chi connectivity index (χ2v) is 6.04. The number of benzene rings is 2. The average molecular weight is 384 g/mol. The van der Waals surface area contributed by atoms with Crippen LogP contribution < -0.4 is 10.6 Å². The van der Waals surface area contributed by atoms with Gasteiger partial charge in [0.2, 0.25) is 0 Å². The van der Waals surface area contributed by atoms with Crippen molar-refractivity contribution in [1.82, 2.24) is 10.6 Å². The first kappa shape index (κ1) is 18.1. The standard InChI is InChI=1S/C17H12N4O5S/c22-16(10-4-6-12(7-5-10)20(23)24)14-9-18-17(27)19-15(14)11-2-1-3-13(8-11)21(25)26/h1-9,15H,(H2,18,19,27). The molecule has 1 aliphatic heterocycles. The topological polar surface area (TPSA) is 127 Å². The van der Waals surface area contributed by atoms with E-state index in [-0.39, 0.29) is 33.4 Å². The van der Waals surface area contributed by atoms with Gasteiger partial charge < -0.3 is 10.6 Å². The maximum atomic E-state index is 12.9. The quantitative estimate of drug-likeness (QED) is 0.349. The van der Waals surface area contributed by atoms with Crippen molar-refractivity contribution in [3.05, 3.63) is 91.7 Å². The van der Waals surface area contributed by atoms with Crippen LogP contribution in [0.5, 0.6) is 0 Å². The number of rotatable bonds is 5. The molecule has 0 radical (unpaired) electrons. The Kier molecular flexibility index (Phi) is 4.90. The summed E-state index contributed by atoms with van der Waals surface area (Å²) >= 11 is 5.08. The molecule has 1 aliphatic rings. The van der Waals surface area contributed by atoms with E-state index in [4.69, 9.17) is 12.2 Å². The van der Waals surface area contributed by atoms with E-state index < -0.39 is 15.9 Å². The molecule has 3 rings (SSSR count). The van der Waals surface area contributed by atoms with Crippen molar-refractivity contribution in [3.63, 3.8) is 0 Å². The molecule has 9 nitrogen and oxygen atoms in total. The molecule has 0 amide bonds. The number of nitro groups is 2. The van der Waals surface area contributed by atoms with Crippen LogP contribution in [0.25, 0.3) is 0 Å². The van der Waals surface area contributed by atoms with E-state index in [2.05, 4.69) is 10.6 Å². The summed E-state index contributed by atoms with van der Waals surface area (Å²) in [5.41, 5.74) is 0.781. The lowest BCUT2D eigenvalue weighted by Gasteiger charge is -2.27. The zero-order chi connectivity index (χ0) is 19.6. The van der Waals surface area contributed by atoms with Crippen molar-refractivity contribution in [1.29, 1.82) is 0 Å². The summed E-state index contributed by atoms with van der Waals surface area (Å²) in [7, 11) is 0. The minimum Gasteiger partial charge on any atom is -0.351 e. The zero-order valence-corrected chi connectivity index (χ0v) is 14.4. The minimum atomic E-state index is -0.693. The van der Waals surface area contributed by atoms with E-state index in [9.17, 15) is 25.0 Å². The molecule has 1 heterocycles. The molecule has 0 fully saturated rings. The van der Waals surface area contributed by atoms with E-state index in [1.54, 1.807) is 6.07 Å². The number of thiocarbonyl (C=S) groups is 1. The highest BCUT2D eigenvalue weighted by Gasteiger charge is 2.28. The number of nitrogens with one attached hydrogen (secondary N) is 2. The molecule has 0 aliphatic carbocycles. The fourth-order valence-electron chi connectivity index (χ4n) is 2.66. The summed E-state index contributed by atoms with van der Waals surface area (Å²) in [4.78, 5) is 33.6. The number of Topliss-reactive ketones (excluding diaryl/α,β-unsaturated/α-hetero) is 1. The fraction of sp³-hybridized carbons (Fsp3) is 0.0588. The van der Waals surface area contributed by atoms with Gasteiger partial charge in [0.05, 0.1) is 15.9 Å². The Labute approximate surface area is 158 Å². The third-order valence-corrected chi connectivity index (χ3v) is 4.20. The summed E-state index contributed by atoms with van der Waals surface area (Å²) in [5.74, 6) is -0.385. The molecule has 0 aromatic heterocycles. The molecule has 27 heavy (non-hydrogen) atoms. The van der Waals surface area contributed by atoms with Crippen LogP contribution in [-0.4, -0.2) is 20.7 Å². The lowest BCUT2D eigenvalue weighted by molar-refractivity contribution is -0.385. The Morgan fingerprint density at radius 3 is 2.30 bits per heavy atom. The van der Waals surface area contributed by atoms with Gasteiger partial charge in [-0.25, -0.2) is 0 Å². The van der Waals surface area contributed by atoms with Crippen LogP contribution in [-0.2, 0) is 0 Å². The van der Waals surface area contributed by atoms with Gasteiger partial charge in [-0.3, -0.25) is 25.0 Å². The molecule has 0 bridgehead atoms. The first-order valence-electron chi connectivity index (χ1n) is 7.67. The number of non-ortho nitro benzene ring substituents is 2. The maximum Gasteiger partial charge on any atom is 0.269 e. The molecule has 136 valence electrons. The van der Waals surface area contributed by atoms with E-state index in [0.717, 1.165) is 0 Å². The van der Waals surface area contributed by atoms with E-state index >= 15 is 0 Å². The highest BCUT2D eigenvalue weighted by molar-refractivity contribution is 7.80. The summed E-state index contributed by atoms with van der Waals surface area (Å²) in [5, 5.41) is 27.7. The number of nitro benzene ring substituents is 2. The molecular weight excluding hydrogens is 372 g/mol. The highest BCUT2D eigenvalue weighted by atomic mass is 32.1. The van der Waals surface area contributed by atoms with E-state index in [1.807, 2.05) is 0 Å². The summed E-state index contributed by atoms with van der Waals surface area (Å²) in [6.45, 7) is 0. The Morgan fingerprint density at radius 2 is 1.67 bits per heavy atom. The first-order chi connectivity index (χ1) is 12.9. The van der Waals surface area contributed by atoms with Crippen LogP contribution in [0.2, 0.25) is 0 Å². The van der Waals surface area contributed by atoms with Gasteiger partial charge in [0.1, 0.15) is 0 Å². The van der Waals surface area contributed by atoms with Gasteiger partial charge in [-0.15, -0.1) is 0 Å². The predicted octanol–water partition coefficient (Wildman–Crippen LogP) is 2.79. The molecule has 10 heteroatoms. The number of hydrogen-bond donors (Lipinski definition) is 2. The lowest BCUT2D eigenvalue weighted by atomic mass is 9.91. The molecule has 0 saturated carbocycles. The largest absolute Gasteiger partial charge is 0.351 e. The average Bonchev–Trinajstić information content (AvgIpc) is 2.67. The van der Waals surface area contributed by atoms with Gasteiger partial charge in [-0.05, 0) is 29.9 Å². The van der Waals surface area contributed by atoms with Gasteiger partial charge in [-0.1, -0.05) is 12.1 Å². The highest BCUT2D eigenvalue weighted by Crippen LogP contribution is 2.29. The molecule has 2 N–H and O–H groups in total. The summed E-state index contributed by atoms with van der Waals surface area (Å²) in [6, 6.07) is 10.4. The number of carbonyl (C=O) groups excluding carboxylic acids is 1. The number of hydrogen-bond acceptors (Lipinski definition) is 6. The molecule has 1 atom stereocenters. The van der Waals surface area contributed by atoms with Gasteiger partial charge in [0.15, 0.2) is 10.9 Å². The van der Waals surface area contributed by atoms with Crippen molar-refractivity contribution in [2.24, 2.45) is 0 Å². The molecule has 2 aromatic rings. The second-order valence-electron chi connectivity index (χ2n) is 5.64. The van der Waals surface area contributed by atoms with Crippen LogP contribution in [0.3, 0.4) is 0 Å². The minimum absolute atomic E-state index is 0.110. The van der Waals surface area contributed by atoms with Crippen molar-refractivity contribution >= 4 is 34.5 Å². The van der Waals surface area contributed by atoms with Gasteiger partial charge in [0.25, 0.3) is 11.4 Å². The number of ketones is 1. The van der Waals surface area contributed by atoms with Crippen molar-refractivity contribution < 1.29 is 14.6 Å². The Bertz CT molecular complexity index is 987. The summed E-state index contributed by atoms with van der Waals surface area (Å²) < 4.78 is 0. The fourth-order valence-corrected chi connectivity index (χ4v) is 2.83. The van der Waals surface area contributed by atoms with Gasteiger partial charge >= 0.3 is 0 Å². The monoisotopic (exact) mass is 384 g/mol. The van der Waals surface area contributed by atoms with Crippen LogP contribution >= 0.6 is 12.2 Å². The zero-order valence-electron chi connectivity index (χ0n) is 13.6. The summed E-state index contributed by atoms with van der Waals surface area (Å²) in [6.07, 6.45) is 1.44. The van der Waals surface area contributed by atoms with Crippen molar-refractivity contribution in [3.8, 4) is 0 Å². The van der Waals surface area contributed by atoms with Crippen LogP contribution in [0.4, 0.5) is 11.4 Å². The van der Waals surface area contributed by atoms with Crippen LogP contribution in [0, 0.1) is 20.2 Å². The number of nitrogens with zero attached hydrogens (tertiary/aromatic N) is 2. The maximum absolute atomic E-state index is 12.9. The Morgan fingerprint density at radius 1 is 1.00 bits per heavy atom. The molecule has 2 aromatic carbocycles. The van der Waals surface area contributed by atoms with Crippen molar-refractivity contribution in [2.45, 2.75) is 6.04 Å². The normalized spacial score (nSPS) is 15.9. The van der Waals surface area contributed by atoms with Crippen LogP contribution in [0.1, 0.15) is 22.0 Å². The van der Waals surface area contributed by atoms with Crippen LogP contribution in [0.15, 0.2) is 60.3 Å². The Balaban J connectivity index is 1.97. The third-order valence-electron chi connectivity index (χ3n) is 3.96. The third kappa shape index (κ3) is 3.80. The number of carbonyl (C=O) groups is 1. The molecule has 0 saturated heterocycles. The van der Waals surface area contributed by atoms with E-state index in [0.29, 0.717) is 5.56 Å². The SMILES string of the molecule is O=C(C1=CNC(=S)NC1c1cccc([N+](=O)[O-])c1)c1ccc([N+](=O)[O-])cc1. The molecule has 1 unspecified atom stereocenters.